The molecule has 146 valence electrons. The summed E-state index contributed by atoms with van der Waals surface area (Å²) >= 11 is 1.41. The number of ether oxygens (including phenoxy) is 1. The molecule has 1 atom stereocenters. The van der Waals surface area contributed by atoms with Crippen LogP contribution < -0.4 is 9.64 Å². The summed E-state index contributed by atoms with van der Waals surface area (Å²) in [6.45, 7) is 10.0. The number of amidine groups is 1. The first-order chi connectivity index (χ1) is 12.7. The lowest BCUT2D eigenvalue weighted by atomic mass is 9.79. The highest BCUT2D eigenvalue weighted by Gasteiger charge is 2.36. The zero-order valence-corrected chi connectivity index (χ0v) is 18.1. The third-order valence-electron chi connectivity index (χ3n) is 5.53. The number of anilines is 1. The molecule has 1 unspecified atom stereocenters. The van der Waals surface area contributed by atoms with Gasteiger partial charge in [0.25, 0.3) is 5.91 Å². The summed E-state index contributed by atoms with van der Waals surface area (Å²) in [5.74, 6) is 1.22. The first-order valence-electron chi connectivity index (χ1n) is 9.37. The van der Waals surface area contributed by atoms with Crippen molar-refractivity contribution in [2.24, 2.45) is 4.99 Å². The van der Waals surface area contributed by atoms with Gasteiger partial charge in [0.15, 0.2) is 5.17 Å². The van der Waals surface area contributed by atoms with Crippen LogP contribution in [0.3, 0.4) is 0 Å². The van der Waals surface area contributed by atoms with Crippen molar-refractivity contribution in [3.63, 3.8) is 0 Å². The smallest absolute Gasteiger partial charge is 0.266 e. The van der Waals surface area contributed by atoms with Crippen LogP contribution in [0.5, 0.6) is 5.75 Å². The number of hydrogen-bond donors (Lipinski definition) is 0. The number of carbonyl (C=O) groups is 1. The lowest BCUT2D eigenvalue weighted by Crippen LogP contribution is -2.48. The highest BCUT2D eigenvalue weighted by molar-refractivity contribution is 8.18. The highest BCUT2D eigenvalue weighted by atomic mass is 32.2. The largest absolute Gasteiger partial charge is 0.496 e. The van der Waals surface area contributed by atoms with E-state index in [1.165, 1.54) is 23.0 Å². The second kappa shape index (κ2) is 7.23. The summed E-state index contributed by atoms with van der Waals surface area (Å²) in [6.07, 6.45) is 3.03. The molecule has 0 spiro atoms. The molecule has 0 radical (unpaired) electrons. The molecule has 6 heteroatoms. The van der Waals surface area contributed by atoms with Crippen molar-refractivity contribution in [1.29, 1.82) is 0 Å². The van der Waals surface area contributed by atoms with Crippen molar-refractivity contribution >= 4 is 34.6 Å². The zero-order valence-electron chi connectivity index (χ0n) is 17.3. The maximum absolute atomic E-state index is 12.5. The topological polar surface area (TPSA) is 45.1 Å². The minimum atomic E-state index is -0.0234. The Kier molecular flexibility index (Phi) is 5.30. The van der Waals surface area contributed by atoms with Gasteiger partial charge in [-0.3, -0.25) is 14.7 Å². The third-order valence-corrected chi connectivity index (χ3v) is 6.69. The standard InChI is InChI=1S/C21H29N3O2S/c1-8-24-16-11-17(26-7)14(9-15(16)13(2)12-21(24,3)4)10-18-19(25)23(6)20(22-5)27-18/h9-11,13H,8,12H2,1-7H3/b18-10+,22-20?. The van der Waals surface area contributed by atoms with E-state index in [0.717, 1.165) is 29.4 Å². The highest BCUT2D eigenvalue weighted by Crippen LogP contribution is 2.46. The van der Waals surface area contributed by atoms with Crippen LogP contribution in [0.25, 0.3) is 6.08 Å². The average Bonchev–Trinajstić information content (AvgIpc) is 2.89. The monoisotopic (exact) mass is 387 g/mol. The zero-order chi connectivity index (χ0) is 19.9. The number of rotatable bonds is 3. The number of hydrogen-bond acceptors (Lipinski definition) is 5. The fourth-order valence-electron chi connectivity index (χ4n) is 4.31. The van der Waals surface area contributed by atoms with Crippen LogP contribution in [0, 0.1) is 0 Å². The van der Waals surface area contributed by atoms with E-state index in [9.17, 15) is 4.79 Å². The van der Waals surface area contributed by atoms with Gasteiger partial charge < -0.3 is 9.64 Å². The van der Waals surface area contributed by atoms with Crippen molar-refractivity contribution in [2.45, 2.75) is 45.6 Å². The SMILES string of the molecule is CCN1c2cc(OC)c(/C=C3/SC(=NC)N(C)C3=O)cc2C(C)CC1(C)C. The van der Waals surface area contributed by atoms with E-state index in [1.807, 2.05) is 6.08 Å². The molecule has 5 nitrogen and oxygen atoms in total. The molecule has 1 aromatic carbocycles. The van der Waals surface area contributed by atoms with Gasteiger partial charge in [-0.25, -0.2) is 0 Å². The summed E-state index contributed by atoms with van der Waals surface area (Å²) in [5.41, 5.74) is 3.61. The van der Waals surface area contributed by atoms with Gasteiger partial charge in [-0.1, -0.05) is 6.92 Å². The van der Waals surface area contributed by atoms with Crippen LogP contribution in [0.2, 0.25) is 0 Å². The van der Waals surface area contributed by atoms with Crippen molar-refractivity contribution < 1.29 is 9.53 Å². The summed E-state index contributed by atoms with van der Waals surface area (Å²) < 4.78 is 5.70. The summed E-state index contributed by atoms with van der Waals surface area (Å²) in [7, 11) is 5.15. The Labute approximate surface area is 166 Å². The first-order valence-corrected chi connectivity index (χ1v) is 10.2. The summed E-state index contributed by atoms with van der Waals surface area (Å²) in [6, 6.07) is 4.32. The second-order valence-corrected chi connectivity index (χ2v) is 8.80. The maximum atomic E-state index is 12.5. The Balaban J connectivity index is 2.11. The Hall–Kier alpha value is -1.95. The minimum absolute atomic E-state index is 0.0234. The molecule has 2 aliphatic heterocycles. The van der Waals surface area contributed by atoms with Gasteiger partial charge in [-0.15, -0.1) is 0 Å². The molecular formula is C21H29N3O2S. The number of benzene rings is 1. The number of fused-ring (bicyclic) bond motifs is 1. The number of aliphatic imine (C=N–C) groups is 1. The lowest BCUT2D eigenvalue weighted by molar-refractivity contribution is -0.121. The molecule has 1 amide bonds. The number of methoxy groups -OCH3 is 1. The van der Waals surface area contributed by atoms with Crippen molar-refractivity contribution in [3.05, 3.63) is 28.2 Å². The van der Waals surface area contributed by atoms with Gasteiger partial charge in [0.1, 0.15) is 5.75 Å². The van der Waals surface area contributed by atoms with E-state index in [-0.39, 0.29) is 11.4 Å². The molecule has 1 aromatic rings. The minimum Gasteiger partial charge on any atom is -0.496 e. The quantitative estimate of drug-likeness (QED) is 0.724. The maximum Gasteiger partial charge on any atom is 0.266 e. The molecule has 1 fully saturated rings. The van der Waals surface area contributed by atoms with Gasteiger partial charge >= 0.3 is 0 Å². The Morgan fingerprint density at radius 1 is 1.41 bits per heavy atom. The Morgan fingerprint density at radius 3 is 2.67 bits per heavy atom. The Bertz CT molecular complexity index is 829. The predicted molar refractivity (Wildman–Crippen MR) is 115 cm³/mol. The Morgan fingerprint density at radius 2 is 2.11 bits per heavy atom. The molecule has 3 rings (SSSR count). The van der Waals surface area contributed by atoms with Crippen LogP contribution in [-0.4, -0.2) is 49.3 Å². The van der Waals surface area contributed by atoms with Gasteiger partial charge in [-0.2, -0.15) is 0 Å². The molecule has 0 saturated carbocycles. The van der Waals surface area contributed by atoms with Crippen LogP contribution in [0.4, 0.5) is 5.69 Å². The number of thioether (sulfide) groups is 1. The third kappa shape index (κ3) is 3.35. The fraction of sp³-hybridized carbons (Fsp3) is 0.524. The van der Waals surface area contributed by atoms with Crippen LogP contribution >= 0.6 is 11.8 Å². The number of likely N-dealkylation sites (N-methyl/N-ethyl adjacent to an activating group) is 1. The summed E-state index contributed by atoms with van der Waals surface area (Å²) in [5, 5.41) is 0.718. The lowest BCUT2D eigenvalue weighted by Gasteiger charge is -2.47. The molecule has 0 aromatic heterocycles. The normalized spacial score (nSPS) is 24.7. The van der Waals surface area contributed by atoms with Gasteiger partial charge in [-0.05, 0) is 62.6 Å². The van der Waals surface area contributed by atoms with Crippen molar-refractivity contribution in [2.75, 3.05) is 32.6 Å². The molecular weight excluding hydrogens is 358 g/mol. The number of nitrogens with zero attached hydrogens (tertiary/aromatic N) is 3. The predicted octanol–water partition coefficient (Wildman–Crippen LogP) is 4.34. The summed E-state index contributed by atoms with van der Waals surface area (Å²) in [4.78, 5) is 21.4. The molecule has 2 aliphatic rings. The van der Waals surface area contributed by atoms with Crippen LogP contribution in [0.15, 0.2) is 22.0 Å². The first kappa shape index (κ1) is 19.8. The van der Waals surface area contributed by atoms with E-state index in [2.05, 4.69) is 49.7 Å². The molecule has 2 heterocycles. The number of amides is 1. The molecule has 27 heavy (non-hydrogen) atoms. The van der Waals surface area contributed by atoms with Gasteiger partial charge in [0, 0.05) is 43.5 Å². The number of carbonyl (C=O) groups excluding carboxylic acids is 1. The fourth-order valence-corrected chi connectivity index (χ4v) is 5.22. The van der Waals surface area contributed by atoms with E-state index < -0.39 is 0 Å². The van der Waals surface area contributed by atoms with E-state index in [0.29, 0.717) is 10.8 Å². The molecule has 0 aliphatic carbocycles. The van der Waals surface area contributed by atoms with Gasteiger partial charge in [0.05, 0.1) is 12.0 Å². The molecule has 0 bridgehead atoms. The van der Waals surface area contributed by atoms with E-state index in [4.69, 9.17) is 4.74 Å². The van der Waals surface area contributed by atoms with Crippen LogP contribution in [-0.2, 0) is 4.79 Å². The van der Waals surface area contributed by atoms with Crippen molar-refractivity contribution in [1.82, 2.24) is 4.90 Å². The van der Waals surface area contributed by atoms with Crippen LogP contribution in [0.1, 0.15) is 51.2 Å². The van der Waals surface area contributed by atoms with Gasteiger partial charge in [0.2, 0.25) is 0 Å². The molecule has 0 N–H and O–H groups in total. The molecule has 1 saturated heterocycles. The van der Waals surface area contributed by atoms with E-state index >= 15 is 0 Å². The average molecular weight is 388 g/mol. The second-order valence-electron chi connectivity index (χ2n) is 7.80. The van der Waals surface area contributed by atoms with E-state index in [1.54, 1.807) is 26.1 Å². The van der Waals surface area contributed by atoms with Crippen molar-refractivity contribution in [3.8, 4) is 5.75 Å².